The summed E-state index contributed by atoms with van der Waals surface area (Å²) < 4.78 is 0. The van der Waals surface area contributed by atoms with Gasteiger partial charge in [-0.1, -0.05) is 37.3 Å². The van der Waals surface area contributed by atoms with Crippen molar-refractivity contribution in [2.45, 2.75) is 39.3 Å². The van der Waals surface area contributed by atoms with E-state index in [-0.39, 0.29) is 11.9 Å². The van der Waals surface area contributed by atoms with Gasteiger partial charge in [0.25, 0.3) is 5.91 Å². The van der Waals surface area contributed by atoms with Gasteiger partial charge in [0.05, 0.1) is 13.1 Å². The van der Waals surface area contributed by atoms with E-state index < -0.39 is 6.03 Å². The summed E-state index contributed by atoms with van der Waals surface area (Å²) in [6.07, 6.45) is 2.29. The van der Waals surface area contributed by atoms with Crippen LogP contribution < -0.4 is 15.5 Å². The minimum Gasteiger partial charge on any atom is -0.334 e. The summed E-state index contributed by atoms with van der Waals surface area (Å²) in [4.78, 5) is 25.2. The van der Waals surface area contributed by atoms with Crippen LogP contribution >= 0.6 is 0 Å². The molecule has 0 radical (unpaired) electrons. The van der Waals surface area contributed by atoms with Crippen LogP contribution in [0, 0.1) is 5.92 Å². The normalized spacial score (nSPS) is 22.6. The average Bonchev–Trinajstić information content (AvgIpc) is 2.54. The first-order chi connectivity index (χ1) is 10.6. The van der Waals surface area contributed by atoms with Gasteiger partial charge in [-0.3, -0.25) is 10.1 Å². The van der Waals surface area contributed by atoms with Crippen molar-refractivity contribution in [1.82, 2.24) is 10.6 Å². The fourth-order valence-electron chi connectivity index (χ4n) is 2.79. The average molecular weight is 304 g/mol. The Morgan fingerprint density at radius 2 is 1.86 bits per heavy atom. The molecule has 1 aromatic carbocycles. The molecule has 2 rings (SSSR count). The molecule has 5 nitrogen and oxygen atoms in total. The number of likely N-dealkylation sites (tertiary alicyclic amines) is 1. The largest absolute Gasteiger partial charge is 0.334 e. The van der Waals surface area contributed by atoms with Crippen molar-refractivity contribution >= 4 is 11.9 Å². The third kappa shape index (κ3) is 4.84. The minimum atomic E-state index is -0.425. The highest BCUT2D eigenvalue weighted by Crippen LogP contribution is 2.07. The first-order valence-electron chi connectivity index (χ1n) is 8.03. The van der Waals surface area contributed by atoms with Crippen LogP contribution in [0.25, 0.3) is 0 Å². The molecule has 0 aromatic heterocycles. The van der Waals surface area contributed by atoms with E-state index in [9.17, 15) is 9.59 Å². The lowest BCUT2D eigenvalue weighted by molar-refractivity contribution is -0.920. The molecule has 1 aliphatic rings. The Morgan fingerprint density at radius 3 is 2.50 bits per heavy atom. The zero-order valence-electron chi connectivity index (χ0n) is 13.4. The smallest absolute Gasteiger partial charge is 0.321 e. The van der Waals surface area contributed by atoms with Crippen LogP contribution in [0.1, 0.15) is 32.3 Å². The molecule has 1 saturated heterocycles. The number of hydrogen-bond donors (Lipinski definition) is 3. The van der Waals surface area contributed by atoms with Crippen molar-refractivity contribution in [2.24, 2.45) is 5.92 Å². The Bertz CT molecular complexity index is 496. The van der Waals surface area contributed by atoms with Crippen LogP contribution in [0.3, 0.4) is 0 Å². The molecule has 5 heteroatoms. The first-order valence-corrected chi connectivity index (χ1v) is 8.03. The lowest BCUT2D eigenvalue weighted by Gasteiger charge is -2.31. The fraction of sp³-hybridized carbons (Fsp3) is 0.529. The van der Waals surface area contributed by atoms with Crippen LogP contribution in [-0.4, -0.2) is 31.1 Å². The van der Waals surface area contributed by atoms with Crippen molar-refractivity contribution in [3.63, 3.8) is 0 Å². The Hall–Kier alpha value is -1.88. The Morgan fingerprint density at radius 1 is 1.23 bits per heavy atom. The minimum absolute atomic E-state index is 0.185. The number of imide groups is 1. The molecule has 120 valence electrons. The number of hydrogen-bond acceptors (Lipinski definition) is 2. The predicted octanol–water partition coefficient (Wildman–Crippen LogP) is 0.716. The highest BCUT2D eigenvalue weighted by Gasteiger charge is 2.29. The molecular formula is C17H26N3O2+. The van der Waals surface area contributed by atoms with E-state index in [4.69, 9.17) is 0 Å². The van der Waals surface area contributed by atoms with Crippen molar-refractivity contribution in [1.29, 1.82) is 0 Å². The van der Waals surface area contributed by atoms with Gasteiger partial charge in [0, 0.05) is 6.54 Å². The molecule has 3 amide bonds. The molecule has 0 spiro atoms. The number of urea groups is 1. The first kappa shape index (κ1) is 16.5. The van der Waals surface area contributed by atoms with E-state index in [2.05, 4.69) is 17.6 Å². The number of benzene rings is 1. The number of amides is 3. The van der Waals surface area contributed by atoms with Crippen molar-refractivity contribution < 1.29 is 14.5 Å². The molecule has 3 N–H and O–H groups in total. The maximum atomic E-state index is 12.2. The van der Waals surface area contributed by atoms with Gasteiger partial charge in [0.15, 0.2) is 6.04 Å². The summed E-state index contributed by atoms with van der Waals surface area (Å²) in [5, 5.41) is 5.16. The number of rotatable bonds is 4. The summed E-state index contributed by atoms with van der Waals surface area (Å²) in [5.41, 5.74) is 1.01. The lowest BCUT2D eigenvalue weighted by atomic mass is 9.98. The molecule has 1 fully saturated rings. The number of quaternary nitrogens is 1. The number of carbonyl (C=O) groups is 2. The van der Waals surface area contributed by atoms with Crippen LogP contribution in [0.4, 0.5) is 4.79 Å². The summed E-state index contributed by atoms with van der Waals surface area (Å²) >= 11 is 0. The Balaban J connectivity index is 1.74. The standard InChI is InChI=1S/C17H25N3O2/c1-13-8-10-20(11-9-13)14(2)16(21)19-17(22)18-12-15-6-4-3-5-7-15/h3-7,13-14H,8-12H2,1-2H3,(H2,18,19,21,22)/p+1/t14-/m0/s1. The molecule has 0 unspecified atom stereocenters. The molecule has 0 aliphatic carbocycles. The molecule has 1 aliphatic heterocycles. The summed E-state index contributed by atoms with van der Waals surface area (Å²) in [7, 11) is 0. The highest BCUT2D eigenvalue weighted by atomic mass is 16.2. The monoisotopic (exact) mass is 304 g/mol. The van der Waals surface area contributed by atoms with Gasteiger partial charge in [-0.05, 0) is 31.2 Å². The van der Waals surface area contributed by atoms with E-state index in [0.717, 1.165) is 37.4 Å². The van der Waals surface area contributed by atoms with E-state index in [1.54, 1.807) is 0 Å². The topological polar surface area (TPSA) is 62.6 Å². The highest BCUT2D eigenvalue weighted by molar-refractivity contribution is 5.96. The third-order valence-corrected chi connectivity index (χ3v) is 4.45. The van der Waals surface area contributed by atoms with Gasteiger partial charge >= 0.3 is 6.03 Å². The number of nitrogens with one attached hydrogen (secondary N) is 3. The van der Waals surface area contributed by atoms with Crippen LogP contribution in [0.15, 0.2) is 30.3 Å². The lowest BCUT2D eigenvalue weighted by Crippen LogP contribution is -3.17. The van der Waals surface area contributed by atoms with Gasteiger partial charge < -0.3 is 10.2 Å². The number of piperidine rings is 1. The van der Waals surface area contributed by atoms with Gasteiger partial charge in [0.1, 0.15) is 0 Å². The van der Waals surface area contributed by atoms with Crippen LogP contribution in [-0.2, 0) is 11.3 Å². The maximum absolute atomic E-state index is 12.2. The fourth-order valence-corrected chi connectivity index (χ4v) is 2.79. The molecular weight excluding hydrogens is 278 g/mol. The van der Waals surface area contributed by atoms with Gasteiger partial charge in [0.2, 0.25) is 0 Å². The molecule has 1 heterocycles. The maximum Gasteiger partial charge on any atom is 0.321 e. The second-order valence-corrected chi connectivity index (χ2v) is 6.22. The zero-order valence-corrected chi connectivity index (χ0v) is 13.4. The van der Waals surface area contributed by atoms with E-state index in [0.29, 0.717) is 6.54 Å². The van der Waals surface area contributed by atoms with Gasteiger partial charge in [-0.15, -0.1) is 0 Å². The number of carbonyl (C=O) groups excluding carboxylic acids is 2. The summed E-state index contributed by atoms with van der Waals surface area (Å²) in [6.45, 7) is 6.56. The molecule has 0 saturated carbocycles. The summed E-state index contributed by atoms with van der Waals surface area (Å²) in [5.74, 6) is 0.545. The Labute approximate surface area is 132 Å². The van der Waals surface area contributed by atoms with Crippen molar-refractivity contribution in [3.05, 3.63) is 35.9 Å². The van der Waals surface area contributed by atoms with Crippen molar-refractivity contribution in [3.8, 4) is 0 Å². The van der Waals surface area contributed by atoms with Crippen LogP contribution in [0.5, 0.6) is 0 Å². The Kier molecular flexibility index (Phi) is 5.95. The quantitative estimate of drug-likeness (QED) is 0.767. The van der Waals surface area contributed by atoms with E-state index in [1.807, 2.05) is 37.3 Å². The summed E-state index contributed by atoms with van der Waals surface area (Å²) in [6, 6.07) is 9.02. The van der Waals surface area contributed by atoms with E-state index in [1.165, 1.54) is 4.90 Å². The zero-order chi connectivity index (χ0) is 15.9. The van der Waals surface area contributed by atoms with Crippen LogP contribution in [0.2, 0.25) is 0 Å². The second kappa shape index (κ2) is 7.94. The SMILES string of the molecule is CC1CC[NH+]([C@@H](C)C(=O)NC(=O)NCc2ccccc2)CC1. The van der Waals surface area contributed by atoms with Gasteiger partial charge in [-0.2, -0.15) is 0 Å². The predicted molar refractivity (Wildman–Crippen MR) is 85.4 cm³/mol. The van der Waals surface area contributed by atoms with Crippen molar-refractivity contribution in [2.75, 3.05) is 13.1 Å². The van der Waals surface area contributed by atoms with Gasteiger partial charge in [-0.25, -0.2) is 4.79 Å². The van der Waals surface area contributed by atoms with E-state index >= 15 is 0 Å². The second-order valence-electron chi connectivity index (χ2n) is 6.22. The molecule has 0 bridgehead atoms. The third-order valence-electron chi connectivity index (χ3n) is 4.45. The molecule has 1 atom stereocenters. The molecule has 1 aromatic rings. The molecule has 22 heavy (non-hydrogen) atoms.